The molecule has 0 saturated heterocycles. The highest BCUT2D eigenvalue weighted by Crippen LogP contribution is 2.10. The number of benzene rings is 1. The van der Waals surface area contributed by atoms with E-state index < -0.39 is 0 Å². The van der Waals surface area contributed by atoms with E-state index in [0.717, 1.165) is 32.0 Å². The predicted molar refractivity (Wildman–Crippen MR) is 128 cm³/mol. The molecule has 162 valence electrons. The van der Waals surface area contributed by atoms with E-state index in [-0.39, 0.29) is 24.0 Å². The summed E-state index contributed by atoms with van der Waals surface area (Å²) in [6, 6.07) is 10.3. The average Bonchev–Trinajstić information content (AvgIpc) is 3.23. The third-order valence-electron chi connectivity index (χ3n) is 4.23. The summed E-state index contributed by atoms with van der Waals surface area (Å²) < 4.78 is 13.0. The van der Waals surface area contributed by atoms with E-state index in [9.17, 15) is 0 Å². The highest BCUT2D eigenvalue weighted by molar-refractivity contribution is 14.0. The van der Waals surface area contributed by atoms with E-state index >= 15 is 0 Å². The van der Waals surface area contributed by atoms with Crippen LogP contribution in [0.4, 0.5) is 0 Å². The van der Waals surface area contributed by atoms with Crippen molar-refractivity contribution in [2.45, 2.75) is 32.9 Å². The number of hydrogen-bond acceptors (Lipinski definition) is 4. The summed E-state index contributed by atoms with van der Waals surface area (Å²) in [5.74, 6) is 0.761. The molecule has 1 heterocycles. The van der Waals surface area contributed by atoms with Gasteiger partial charge in [-0.25, -0.2) is 0 Å². The Hall–Kier alpha value is -1.65. The molecule has 0 bridgehead atoms. The molecule has 0 aliphatic rings. The average molecular weight is 515 g/mol. The molecule has 2 rings (SSSR count). The summed E-state index contributed by atoms with van der Waals surface area (Å²) in [5.41, 5.74) is 2.46. The van der Waals surface area contributed by atoms with E-state index in [1.165, 1.54) is 11.1 Å². The number of hydrogen-bond donors (Lipinski definition) is 2. The molecule has 0 spiro atoms. The Morgan fingerprint density at radius 3 is 2.48 bits per heavy atom. The van der Waals surface area contributed by atoms with Gasteiger partial charge < -0.3 is 20.1 Å². The van der Waals surface area contributed by atoms with Crippen LogP contribution in [0, 0.1) is 0 Å². The lowest BCUT2D eigenvalue weighted by Gasteiger charge is -2.14. The van der Waals surface area contributed by atoms with Crippen LogP contribution < -0.4 is 10.6 Å². The van der Waals surface area contributed by atoms with Gasteiger partial charge in [-0.3, -0.25) is 9.67 Å². The third-order valence-corrected chi connectivity index (χ3v) is 4.23. The molecule has 2 N–H and O–H groups in total. The van der Waals surface area contributed by atoms with Gasteiger partial charge in [0.2, 0.25) is 0 Å². The summed E-state index contributed by atoms with van der Waals surface area (Å²) in [5, 5.41) is 10.9. The van der Waals surface area contributed by atoms with Gasteiger partial charge in [0.25, 0.3) is 0 Å². The van der Waals surface area contributed by atoms with Crippen molar-refractivity contribution in [3.63, 3.8) is 0 Å². The largest absolute Gasteiger partial charge is 0.379 e. The van der Waals surface area contributed by atoms with E-state index in [2.05, 4.69) is 51.9 Å². The van der Waals surface area contributed by atoms with Gasteiger partial charge >= 0.3 is 0 Å². The van der Waals surface area contributed by atoms with E-state index in [4.69, 9.17) is 9.47 Å². The maximum atomic E-state index is 5.57. The summed E-state index contributed by atoms with van der Waals surface area (Å²) in [6.07, 6.45) is 6.03. The van der Waals surface area contributed by atoms with E-state index in [1.54, 1.807) is 13.2 Å². The number of aromatic nitrogens is 2. The normalized spacial score (nSPS) is 11.2. The van der Waals surface area contributed by atoms with Gasteiger partial charge in [-0.05, 0) is 23.6 Å². The highest BCUT2D eigenvalue weighted by atomic mass is 127. The summed E-state index contributed by atoms with van der Waals surface area (Å²) in [4.78, 5) is 4.27. The first kappa shape index (κ1) is 25.4. The Balaban J connectivity index is 0.00000420. The number of halogens is 1. The molecule has 7 nitrogen and oxygen atoms in total. The van der Waals surface area contributed by atoms with Crippen LogP contribution in [-0.2, 0) is 22.6 Å². The molecule has 1 aromatic heterocycles. The molecule has 0 atom stereocenters. The Bertz CT molecular complexity index is 679. The second kappa shape index (κ2) is 16.2. The number of unbranched alkanes of at least 4 members (excludes halogenated alkanes) is 1. The van der Waals surface area contributed by atoms with Crippen molar-refractivity contribution in [1.29, 1.82) is 0 Å². The molecular formula is C21H34IN5O2. The highest BCUT2D eigenvalue weighted by Gasteiger charge is 2.04. The number of rotatable bonds is 13. The smallest absolute Gasteiger partial charge is 0.191 e. The Morgan fingerprint density at radius 1 is 1.03 bits per heavy atom. The van der Waals surface area contributed by atoms with Crippen LogP contribution in [0.3, 0.4) is 0 Å². The zero-order valence-electron chi connectivity index (χ0n) is 17.5. The molecule has 0 saturated carbocycles. The quantitative estimate of drug-likeness (QED) is 0.186. The van der Waals surface area contributed by atoms with Gasteiger partial charge in [-0.1, -0.05) is 37.6 Å². The van der Waals surface area contributed by atoms with Crippen LogP contribution in [0.5, 0.6) is 0 Å². The SMILES string of the molecule is CCCCOCCOCCNC(=NC)NCc1ccccc1Cn1cccn1.I. The summed E-state index contributed by atoms with van der Waals surface area (Å²) >= 11 is 0. The number of nitrogens with zero attached hydrogens (tertiary/aromatic N) is 3. The molecule has 8 heteroatoms. The number of nitrogens with one attached hydrogen (secondary N) is 2. The van der Waals surface area contributed by atoms with Gasteiger partial charge in [0, 0.05) is 39.1 Å². The first-order chi connectivity index (χ1) is 13.8. The lowest BCUT2D eigenvalue weighted by molar-refractivity contribution is 0.0487. The Kier molecular flexibility index (Phi) is 14.2. The zero-order chi connectivity index (χ0) is 19.9. The Morgan fingerprint density at radius 2 is 1.79 bits per heavy atom. The molecule has 1 aromatic carbocycles. The molecule has 0 fully saturated rings. The van der Waals surface area contributed by atoms with Gasteiger partial charge in [0.05, 0.1) is 26.4 Å². The van der Waals surface area contributed by atoms with Crippen LogP contribution in [0.25, 0.3) is 0 Å². The van der Waals surface area contributed by atoms with Crippen molar-refractivity contribution < 1.29 is 9.47 Å². The first-order valence-electron chi connectivity index (χ1n) is 9.97. The van der Waals surface area contributed by atoms with Crippen LogP contribution >= 0.6 is 24.0 Å². The maximum absolute atomic E-state index is 5.57. The second-order valence-electron chi connectivity index (χ2n) is 6.40. The van der Waals surface area contributed by atoms with Crippen molar-refractivity contribution in [3.05, 3.63) is 53.9 Å². The fraction of sp³-hybridized carbons (Fsp3) is 0.524. The van der Waals surface area contributed by atoms with Crippen molar-refractivity contribution in [3.8, 4) is 0 Å². The number of aliphatic imine (C=N–C) groups is 1. The maximum Gasteiger partial charge on any atom is 0.191 e. The minimum absolute atomic E-state index is 0. The molecule has 0 radical (unpaired) electrons. The standard InChI is InChI=1S/C21H33N5O2.HI/c1-3-4-13-27-15-16-28-14-11-23-21(22-2)24-17-19-8-5-6-9-20(19)18-26-12-7-10-25-26;/h5-10,12H,3-4,11,13-18H2,1-2H3,(H2,22,23,24);1H. The topological polar surface area (TPSA) is 72.7 Å². The van der Waals surface area contributed by atoms with Gasteiger partial charge in [-0.2, -0.15) is 5.10 Å². The Labute approximate surface area is 191 Å². The van der Waals surface area contributed by atoms with Crippen LogP contribution in [0.2, 0.25) is 0 Å². The minimum atomic E-state index is 0. The van der Waals surface area contributed by atoms with Crippen molar-refractivity contribution >= 4 is 29.9 Å². The predicted octanol–water partition coefficient (Wildman–Crippen LogP) is 3.05. The molecular weight excluding hydrogens is 481 g/mol. The van der Waals surface area contributed by atoms with E-state index in [1.807, 2.05) is 16.9 Å². The minimum Gasteiger partial charge on any atom is -0.379 e. The zero-order valence-corrected chi connectivity index (χ0v) is 19.8. The molecule has 2 aromatic rings. The van der Waals surface area contributed by atoms with E-state index in [0.29, 0.717) is 32.9 Å². The van der Waals surface area contributed by atoms with Gasteiger partial charge in [0.15, 0.2) is 5.96 Å². The van der Waals surface area contributed by atoms with Crippen LogP contribution in [0.15, 0.2) is 47.7 Å². The lowest BCUT2D eigenvalue weighted by Crippen LogP contribution is -2.38. The molecule has 0 unspecified atom stereocenters. The summed E-state index contributed by atoms with van der Waals surface area (Å²) in [7, 11) is 1.77. The fourth-order valence-electron chi connectivity index (χ4n) is 2.66. The monoisotopic (exact) mass is 515 g/mol. The van der Waals surface area contributed by atoms with Crippen LogP contribution in [-0.4, -0.2) is 55.8 Å². The summed E-state index contributed by atoms with van der Waals surface area (Å²) in [6.45, 7) is 7.02. The first-order valence-corrected chi connectivity index (χ1v) is 9.97. The molecule has 0 amide bonds. The molecule has 29 heavy (non-hydrogen) atoms. The third kappa shape index (κ3) is 10.6. The van der Waals surface area contributed by atoms with Gasteiger partial charge in [-0.15, -0.1) is 24.0 Å². The molecule has 0 aliphatic carbocycles. The van der Waals surface area contributed by atoms with Crippen molar-refractivity contribution in [2.75, 3.05) is 40.0 Å². The molecule has 0 aliphatic heterocycles. The fourth-order valence-corrected chi connectivity index (χ4v) is 2.66. The van der Waals surface area contributed by atoms with Crippen molar-refractivity contribution in [1.82, 2.24) is 20.4 Å². The second-order valence-corrected chi connectivity index (χ2v) is 6.40. The van der Waals surface area contributed by atoms with Gasteiger partial charge in [0.1, 0.15) is 0 Å². The lowest BCUT2D eigenvalue weighted by atomic mass is 10.1. The van der Waals surface area contributed by atoms with Crippen molar-refractivity contribution in [2.24, 2.45) is 4.99 Å². The van der Waals surface area contributed by atoms with Crippen LogP contribution in [0.1, 0.15) is 30.9 Å². The number of guanidine groups is 1. The number of ether oxygens (including phenoxy) is 2.